The minimum Gasteiger partial charge on any atom is -0.371 e. The molecule has 0 aliphatic carbocycles. The number of nitrogens with zero attached hydrogens (tertiary/aromatic N) is 1. The molecule has 0 saturated carbocycles. The smallest absolute Gasteiger partial charge is 0.239 e. The number of carbonyl (C=O) groups is 1. The van der Waals surface area contributed by atoms with Crippen molar-refractivity contribution in [1.82, 2.24) is 10.4 Å². The van der Waals surface area contributed by atoms with E-state index in [0.29, 0.717) is 26.1 Å². The van der Waals surface area contributed by atoms with Crippen LogP contribution in [0.2, 0.25) is 0 Å². The van der Waals surface area contributed by atoms with E-state index < -0.39 is 0 Å². The summed E-state index contributed by atoms with van der Waals surface area (Å²) in [6.45, 7) is 1.41. The Labute approximate surface area is 134 Å². The highest BCUT2D eigenvalue weighted by Gasteiger charge is 2.30. The second-order valence-electron chi connectivity index (χ2n) is 5.59. The lowest BCUT2D eigenvalue weighted by atomic mass is 10.2. The van der Waals surface area contributed by atoms with Gasteiger partial charge in [-0.2, -0.15) is 0 Å². The van der Waals surface area contributed by atoms with Gasteiger partial charge in [0.25, 0.3) is 0 Å². The molecule has 2 aromatic carbocycles. The van der Waals surface area contributed by atoms with Gasteiger partial charge in [0.05, 0.1) is 25.7 Å². The third kappa shape index (κ3) is 4.37. The maximum Gasteiger partial charge on any atom is 0.239 e. The van der Waals surface area contributed by atoms with E-state index in [1.165, 1.54) is 12.1 Å². The SMILES string of the molecule is O=C1CC(OCc2cccc(F)c2)CN1NCc1ccccc1. The minimum absolute atomic E-state index is 0.0187. The minimum atomic E-state index is -0.278. The number of carbonyl (C=O) groups excluding carboxylic acids is 1. The second-order valence-corrected chi connectivity index (χ2v) is 5.59. The van der Waals surface area contributed by atoms with Gasteiger partial charge in [0.2, 0.25) is 5.91 Å². The maximum atomic E-state index is 13.1. The fourth-order valence-electron chi connectivity index (χ4n) is 2.56. The number of rotatable bonds is 6. The Morgan fingerprint density at radius 2 is 1.91 bits per heavy atom. The van der Waals surface area contributed by atoms with Crippen LogP contribution in [-0.4, -0.2) is 23.6 Å². The monoisotopic (exact) mass is 314 g/mol. The summed E-state index contributed by atoms with van der Waals surface area (Å²) >= 11 is 0. The van der Waals surface area contributed by atoms with Gasteiger partial charge in [-0.1, -0.05) is 42.5 Å². The first-order chi connectivity index (χ1) is 11.2. The number of halogens is 1. The molecule has 1 unspecified atom stereocenters. The molecule has 4 nitrogen and oxygen atoms in total. The van der Waals surface area contributed by atoms with Crippen molar-refractivity contribution in [2.24, 2.45) is 0 Å². The molecule has 1 atom stereocenters. The summed E-state index contributed by atoms with van der Waals surface area (Å²) in [5, 5.41) is 1.60. The van der Waals surface area contributed by atoms with E-state index in [1.807, 2.05) is 36.4 Å². The zero-order valence-corrected chi connectivity index (χ0v) is 12.7. The molecular weight excluding hydrogens is 295 g/mol. The van der Waals surface area contributed by atoms with Gasteiger partial charge >= 0.3 is 0 Å². The van der Waals surface area contributed by atoms with Gasteiger partial charge in [-0.15, -0.1) is 0 Å². The van der Waals surface area contributed by atoms with Crippen molar-refractivity contribution < 1.29 is 13.9 Å². The first-order valence-corrected chi connectivity index (χ1v) is 7.64. The Hall–Kier alpha value is -2.24. The summed E-state index contributed by atoms with van der Waals surface area (Å²) in [5.41, 5.74) is 5.02. The Morgan fingerprint density at radius 1 is 1.13 bits per heavy atom. The molecule has 1 fully saturated rings. The van der Waals surface area contributed by atoms with Crippen LogP contribution < -0.4 is 5.43 Å². The van der Waals surface area contributed by atoms with Crippen molar-refractivity contribution in [3.63, 3.8) is 0 Å². The van der Waals surface area contributed by atoms with Crippen LogP contribution in [0.4, 0.5) is 4.39 Å². The number of ether oxygens (including phenoxy) is 1. The summed E-state index contributed by atoms with van der Waals surface area (Å²) in [6.07, 6.45) is 0.172. The van der Waals surface area contributed by atoms with E-state index in [4.69, 9.17) is 4.74 Å². The highest BCUT2D eigenvalue weighted by Crippen LogP contribution is 2.15. The lowest BCUT2D eigenvalue weighted by molar-refractivity contribution is -0.130. The summed E-state index contributed by atoms with van der Waals surface area (Å²) in [4.78, 5) is 12.0. The summed E-state index contributed by atoms with van der Waals surface area (Å²) in [6, 6.07) is 16.2. The van der Waals surface area contributed by atoms with Crippen molar-refractivity contribution >= 4 is 5.91 Å². The average Bonchev–Trinajstić information content (AvgIpc) is 2.92. The molecule has 2 aromatic rings. The van der Waals surface area contributed by atoms with Crippen LogP contribution in [-0.2, 0) is 22.7 Å². The van der Waals surface area contributed by atoms with E-state index in [0.717, 1.165) is 11.1 Å². The Bertz CT molecular complexity index is 663. The lowest BCUT2D eigenvalue weighted by Gasteiger charge is -2.18. The molecule has 1 saturated heterocycles. The summed E-state index contributed by atoms with van der Waals surface area (Å²) in [7, 11) is 0. The first kappa shape index (κ1) is 15.6. The molecule has 120 valence electrons. The number of hydrazine groups is 1. The summed E-state index contributed by atoms with van der Waals surface area (Å²) < 4.78 is 18.9. The quantitative estimate of drug-likeness (QED) is 0.891. The lowest BCUT2D eigenvalue weighted by Crippen LogP contribution is -2.39. The number of hydrogen-bond acceptors (Lipinski definition) is 3. The molecular formula is C18H19FN2O2. The number of hydrogen-bond donors (Lipinski definition) is 1. The van der Waals surface area contributed by atoms with Crippen LogP contribution in [0.3, 0.4) is 0 Å². The third-order valence-corrected chi connectivity index (χ3v) is 3.78. The van der Waals surface area contributed by atoms with Crippen molar-refractivity contribution in [3.05, 3.63) is 71.5 Å². The van der Waals surface area contributed by atoms with Gasteiger partial charge in [-0.05, 0) is 23.3 Å². The largest absolute Gasteiger partial charge is 0.371 e. The fourth-order valence-corrected chi connectivity index (χ4v) is 2.56. The standard InChI is InChI=1S/C18H19FN2O2/c19-16-8-4-7-15(9-16)13-23-17-10-18(22)21(12-17)20-11-14-5-2-1-3-6-14/h1-9,17,20H,10-13H2. The molecule has 0 aromatic heterocycles. The average molecular weight is 314 g/mol. The molecule has 0 bridgehead atoms. The van der Waals surface area contributed by atoms with E-state index in [2.05, 4.69) is 5.43 Å². The zero-order chi connectivity index (χ0) is 16.1. The molecule has 1 heterocycles. The number of nitrogens with one attached hydrogen (secondary N) is 1. The molecule has 23 heavy (non-hydrogen) atoms. The van der Waals surface area contributed by atoms with E-state index in [9.17, 15) is 9.18 Å². The van der Waals surface area contributed by atoms with Crippen molar-refractivity contribution in [2.75, 3.05) is 6.54 Å². The second kappa shape index (κ2) is 7.35. The predicted molar refractivity (Wildman–Crippen MR) is 84.6 cm³/mol. The van der Waals surface area contributed by atoms with Crippen molar-refractivity contribution in [3.8, 4) is 0 Å². The summed E-state index contributed by atoms with van der Waals surface area (Å²) in [5.74, 6) is -0.259. The Balaban J connectivity index is 1.47. The van der Waals surface area contributed by atoms with E-state index in [-0.39, 0.29) is 17.8 Å². The van der Waals surface area contributed by atoms with Crippen LogP contribution in [0.5, 0.6) is 0 Å². The van der Waals surface area contributed by atoms with E-state index >= 15 is 0 Å². The molecule has 3 rings (SSSR count). The molecule has 0 radical (unpaired) electrons. The van der Waals surface area contributed by atoms with Crippen LogP contribution in [0.15, 0.2) is 54.6 Å². The van der Waals surface area contributed by atoms with Crippen LogP contribution >= 0.6 is 0 Å². The first-order valence-electron chi connectivity index (χ1n) is 7.64. The van der Waals surface area contributed by atoms with Crippen LogP contribution in [0.25, 0.3) is 0 Å². The predicted octanol–water partition coefficient (Wildman–Crippen LogP) is 2.65. The number of benzene rings is 2. The molecule has 0 spiro atoms. The van der Waals surface area contributed by atoms with E-state index in [1.54, 1.807) is 11.1 Å². The topological polar surface area (TPSA) is 41.6 Å². The Kier molecular flexibility index (Phi) is 5.00. The maximum absolute atomic E-state index is 13.1. The molecule has 5 heteroatoms. The normalized spacial score (nSPS) is 17.7. The molecule has 1 amide bonds. The van der Waals surface area contributed by atoms with Crippen molar-refractivity contribution in [2.45, 2.75) is 25.7 Å². The zero-order valence-electron chi connectivity index (χ0n) is 12.7. The molecule has 1 aliphatic heterocycles. The van der Waals surface area contributed by atoms with Crippen LogP contribution in [0.1, 0.15) is 17.5 Å². The van der Waals surface area contributed by atoms with Gasteiger partial charge in [-0.25, -0.2) is 9.82 Å². The Morgan fingerprint density at radius 3 is 2.70 bits per heavy atom. The van der Waals surface area contributed by atoms with Gasteiger partial charge in [-0.3, -0.25) is 9.80 Å². The number of amides is 1. The van der Waals surface area contributed by atoms with Crippen molar-refractivity contribution in [1.29, 1.82) is 0 Å². The van der Waals surface area contributed by atoms with Crippen LogP contribution in [0, 0.1) is 5.82 Å². The van der Waals surface area contributed by atoms with Gasteiger partial charge in [0.1, 0.15) is 5.82 Å². The molecule has 1 aliphatic rings. The molecule has 1 N–H and O–H groups in total. The van der Waals surface area contributed by atoms with Gasteiger partial charge < -0.3 is 4.74 Å². The third-order valence-electron chi connectivity index (χ3n) is 3.78. The highest BCUT2D eigenvalue weighted by atomic mass is 19.1. The fraction of sp³-hybridized carbons (Fsp3) is 0.278. The van der Waals surface area contributed by atoms with Gasteiger partial charge in [0.15, 0.2) is 0 Å². The highest BCUT2D eigenvalue weighted by molar-refractivity contribution is 5.78. The van der Waals surface area contributed by atoms with Gasteiger partial charge in [0, 0.05) is 6.54 Å².